The lowest BCUT2D eigenvalue weighted by atomic mass is 9.94. The smallest absolute Gasteiger partial charge is 0.226 e. The molecule has 3 heteroatoms. The first-order valence-electron chi connectivity index (χ1n) is 6.52. The molecule has 1 N–H and O–H groups in total. The van der Waals surface area contributed by atoms with Crippen LogP contribution in [0, 0.1) is 11.8 Å². The molecule has 0 unspecified atom stereocenters. The number of carbonyl (C=O) groups is 1. The average molecular weight is 220 g/mol. The minimum atomic E-state index is 0.250. The zero-order valence-corrected chi connectivity index (χ0v) is 9.69. The third-order valence-corrected chi connectivity index (χ3v) is 4.27. The van der Waals surface area contributed by atoms with Crippen molar-refractivity contribution in [2.24, 2.45) is 11.8 Å². The predicted octanol–water partition coefficient (Wildman–Crippen LogP) is 1.16. The van der Waals surface area contributed by atoms with Crippen molar-refractivity contribution in [3.8, 4) is 0 Å². The van der Waals surface area contributed by atoms with E-state index in [0.717, 1.165) is 32.5 Å². The van der Waals surface area contributed by atoms with Crippen molar-refractivity contribution in [2.75, 3.05) is 19.6 Å². The Bertz CT molecular complexity index is 291. The Hall–Kier alpha value is -0.830. The van der Waals surface area contributed by atoms with Gasteiger partial charge in [0.15, 0.2) is 0 Å². The van der Waals surface area contributed by atoms with Gasteiger partial charge >= 0.3 is 0 Å². The first-order chi connectivity index (χ1) is 7.84. The van der Waals surface area contributed by atoms with Crippen molar-refractivity contribution in [1.29, 1.82) is 0 Å². The summed E-state index contributed by atoms with van der Waals surface area (Å²) in [5, 5.41) is 3.55. The summed E-state index contributed by atoms with van der Waals surface area (Å²) in [4.78, 5) is 14.4. The minimum Gasteiger partial charge on any atom is -0.341 e. The standard InChI is InChI=1S/C13H20N2O/c16-13(10-4-1-2-5-10)15-8-11-6-3-7-14-12(11)9-15/h1-2,10-12,14H,3-9H2/t11-,12+/m0/s1. The van der Waals surface area contributed by atoms with E-state index in [4.69, 9.17) is 0 Å². The van der Waals surface area contributed by atoms with E-state index in [-0.39, 0.29) is 5.92 Å². The first kappa shape index (κ1) is 10.3. The van der Waals surface area contributed by atoms with Crippen LogP contribution >= 0.6 is 0 Å². The van der Waals surface area contributed by atoms with E-state index < -0.39 is 0 Å². The van der Waals surface area contributed by atoms with Gasteiger partial charge in [0.2, 0.25) is 5.91 Å². The van der Waals surface area contributed by atoms with Gasteiger partial charge in [0, 0.05) is 25.0 Å². The number of carbonyl (C=O) groups excluding carboxylic acids is 1. The van der Waals surface area contributed by atoms with Crippen LogP contribution in [0.1, 0.15) is 25.7 Å². The van der Waals surface area contributed by atoms with Crippen molar-refractivity contribution in [2.45, 2.75) is 31.7 Å². The number of rotatable bonds is 1. The number of likely N-dealkylation sites (tertiary alicyclic amines) is 1. The number of nitrogens with zero attached hydrogens (tertiary/aromatic N) is 1. The Kier molecular flexibility index (Phi) is 2.72. The second-order valence-corrected chi connectivity index (χ2v) is 5.35. The maximum atomic E-state index is 12.2. The van der Waals surface area contributed by atoms with Crippen LogP contribution in [-0.2, 0) is 4.79 Å². The fourth-order valence-electron chi connectivity index (χ4n) is 3.30. The number of allylic oxidation sites excluding steroid dienone is 2. The molecule has 0 aromatic rings. The normalized spacial score (nSPS) is 34.4. The summed E-state index contributed by atoms with van der Waals surface area (Å²) >= 11 is 0. The molecule has 0 aromatic heterocycles. The quantitative estimate of drug-likeness (QED) is 0.673. The van der Waals surface area contributed by atoms with Gasteiger partial charge in [0.25, 0.3) is 0 Å². The molecule has 3 rings (SSSR count). The van der Waals surface area contributed by atoms with Crippen molar-refractivity contribution >= 4 is 5.91 Å². The van der Waals surface area contributed by atoms with Crippen LogP contribution < -0.4 is 5.32 Å². The number of amides is 1. The SMILES string of the molecule is O=C(C1CC=CC1)N1C[C@@H]2CCCN[C@@H]2C1. The molecule has 88 valence electrons. The van der Waals surface area contributed by atoms with Gasteiger partial charge < -0.3 is 10.2 Å². The van der Waals surface area contributed by atoms with Crippen LogP contribution in [0.4, 0.5) is 0 Å². The molecule has 2 heterocycles. The Morgan fingerprint density at radius 1 is 1.25 bits per heavy atom. The molecule has 16 heavy (non-hydrogen) atoms. The number of fused-ring (bicyclic) bond motifs is 1. The fraction of sp³-hybridized carbons (Fsp3) is 0.769. The van der Waals surface area contributed by atoms with Crippen LogP contribution in [0.15, 0.2) is 12.2 Å². The number of hydrogen-bond donors (Lipinski definition) is 1. The van der Waals surface area contributed by atoms with Crippen LogP contribution in [0.2, 0.25) is 0 Å². The van der Waals surface area contributed by atoms with Crippen LogP contribution in [-0.4, -0.2) is 36.5 Å². The van der Waals surface area contributed by atoms with E-state index in [1.807, 2.05) is 0 Å². The summed E-state index contributed by atoms with van der Waals surface area (Å²) in [5.41, 5.74) is 0. The van der Waals surface area contributed by atoms with Crippen molar-refractivity contribution < 1.29 is 4.79 Å². The lowest BCUT2D eigenvalue weighted by molar-refractivity contribution is -0.134. The van der Waals surface area contributed by atoms with Crippen LogP contribution in [0.5, 0.6) is 0 Å². The lowest BCUT2D eigenvalue weighted by Gasteiger charge is -2.24. The summed E-state index contributed by atoms with van der Waals surface area (Å²) in [5.74, 6) is 1.36. The molecule has 2 fully saturated rings. The molecule has 2 aliphatic heterocycles. The summed E-state index contributed by atoms with van der Waals surface area (Å²) in [6, 6.07) is 0.576. The van der Waals surface area contributed by atoms with Crippen LogP contribution in [0.25, 0.3) is 0 Å². The van der Waals surface area contributed by atoms with Crippen molar-refractivity contribution in [3.05, 3.63) is 12.2 Å². The molecule has 1 aliphatic carbocycles. The average Bonchev–Trinajstić information content (AvgIpc) is 2.97. The van der Waals surface area contributed by atoms with E-state index >= 15 is 0 Å². The molecule has 0 spiro atoms. The maximum absolute atomic E-state index is 12.2. The second-order valence-electron chi connectivity index (χ2n) is 5.35. The van der Waals surface area contributed by atoms with E-state index in [1.54, 1.807) is 0 Å². The molecule has 0 aromatic carbocycles. The molecule has 0 radical (unpaired) electrons. The van der Waals surface area contributed by atoms with Gasteiger partial charge in [-0.15, -0.1) is 0 Å². The highest BCUT2D eigenvalue weighted by Crippen LogP contribution is 2.28. The fourth-order valence-corrected chi connectivity index (χ4v) is 3.30. The molecular weight excluding hydrogens is 200 g/mol. The van der Waals surface area contributed by atoms with Crippen molar-refractivity contribution in [1.82, 2.24) is 10.2 Å². The molecule has 3 aliphatic rings. The Labute approximate surface area is 96.9 Å². The first-order valence-corrected chi connectivity index (χ1v) is 6.52. The third kappa shape index (κ3) is 1.77. The molecule has 3 nitrogen and oxygen atoms in total. The number of nitrogens with one attached hydrogen (secondary N) is 1. The Balaban J connectivity index is 1.61. The highest BCUT2D eigenvalue weighted by atomic mass is 16.2. The van der Waals surface area contributed by atoms with Gasteiger partial charge in [0.05, 0.1) is 0 Å². The van der Waals surface area contributed by atoms with E-state index in [1.165, 1.54) is 12.8 Å². The lowest BCUT2D eigenvalue weighted by Crippen LogP contribution is -2.41. The minimum absolute atomic E-state index is 0.250. The summed E-state index contributed by atoms with van der Waals surface area (Å²) in [7, 11) is 0. The molecule has 2 atom stereocenters. The van der Waals surface area contributed by atoms with E-state index in [0.29, 0.717) is 17.9 Å². The van der Waals surface area contributed by atoms with Gasteiger partial charge in [0.1, 0.15) is 0 Å². The molecule has 2 saturated heterocycles. The van der Waals surface area contributed by atoms with E-state index in [9.17, 15) is 4.79 Å². The highest BCUT2D eigenvalue weighted by Gasteiger charge is 2.38. The van der Waals surface area contributed by atoms with Gasteiger partial charge in [-0.05, 0) is 38.1 Å². The summed E-state index contributed by atoms with van der Waals surface area (Å²) in [6.45, 7) is 3.07. The second kappa shape index (κ2) is 4.21. The predicted molar refractivity (Wildman–Crippen MR) is 63.0 cm³/mol. The highest BCUT2D eigenvalue weighted by molar-refractivity contribution is 5.80. The summed E-state index contributed by atoms with van der Waals surface area (Å²) < 4.78 is 0. The molecular formula is C13H20N2O. The largest absolute Gasteiger partial charge is 0.341 e. The van der Waals surface area contributed by atoms with Crippen LogP contribution in [0.3, 0.4) is 0 Å². The third-order valence-electron chi connectivity index (χ3n) is 4.27. The molecule has 0 saturated carbocycles. The topological polar surface area (TPSA) is 32.3 Å². The van der Waals surface area contributed by atoms with Crippen molar-refractivity contribution in [3.63, 3.8) is 0 Å². The number of hydrogen-bond acceptors (Lipinski definition) is 2. The van der Waals surface area contributed by atoms with Gasteiger partial charge in [-0.2, -0.15) is 0 Å². The number of piperidine rings is 1. The zero-order valence-electron chi connectivity index (χ0n) is 9.69. The summed E-state index contributed by atoms with van der Waals surface area (Å²) in [6.07, 6.45) is 8.77. The maximum Gasteiger partial charge on any atom is 0.226 e. The van der Waals surface area contributed by atoms with Gasteiger partial charge in [-0.1, -0.05) is 12.2 Å². The Morgan fingerprint density at radius 2 is 2.06 bits per heavy atom. The zero-order chi connectivity index (χ0) is 11.0. The monoisotopic (exact) mass is 220 g/mol. The molecule has 0 bridgehead atoms. The van der Waals surface area contributed by atoms with Gasteiger partial charge in [-0.3, -0.25) is 4.79 Å². The molecule has 1 amide bonds. The van der Waals surface area contributed by atoms with E-state index in [2.05, 4.69) is 22.4 Å². The van der Waals surface area contributed by atoms with Gasteiger partial charge in [-0.25, -0.2) is 0 Å². The Morgan fingerprint density at radius 3 is 2.81 bits per heavy atom.